The predicted molar refractivity (Wildman–Crippen MR) is 76.8 cm³/mol. The Bertz CT molecular complexity index is 473. The van der Waals surface area contributed by atoms with E-state index in [2.05, 4.69) is 36.5 Å². The van der Waals surface area contributed by atoms with E-state index in [9.17, 15) is 8.42 Å². The number of hydrogen-bond donors (Lipinski definition) is 1. The Kier molecular flexibility index (Phi) is 5.31. The molecule has 0 saturated heterocycles. The highest BCUT2D eigenvalue weighted by atomic mass is 32.2. The molecule has 1 aromatic rings. The summed E-state index contributed by atoms with van der Waals surface area (Å²) in [5.74, 6) is 0.404. The van der Waals surface area contributed by atoms with Crippen LogP contribution in [0, 0.1) is 0 Å². The summed E-state index contributed by atoms with van der Waals surface area (Å²) in [6, 6.07) is 0. The SMILES string of the molecule is CCS(=O)(=O)CCNCc1nc(C(C)(C)C)cs1. The predicted octanol–water partition coefficient (Wildman–Crippen LogP) is 1.96. The molecule has 4 nitrogen and oxygen atoms in total. The van der Waals surface area contributed by atoms with Crippen molar-refractivity contribution in [2.75, 3.05) is 18.1 Å². The molecule has 0 atom stereocenters. The van der Waals surface area contributed by atoms with E-state index in [1.165, 1.54) is 0 Å². The number of nitrogens with zero attached hydrogens (tertiary/aromatic N) is 1. The topological polar surface area (TPSA) is 59.1 Å². The Morgan fingerprint density at radius 1 is 1.39 bits per heavy atom. The fraction of sp³-hybridized carbons (Fsp3) is 0.750. The molecule has 0 aliphatic heterocycles. The number of nitrogens with one attached hydrogen (secondary N) is 1. The summed E-state index contributed by atoms with van der Waals surface area (Å²) in [6.07, 6.45) is 0. The molecule has 1 N–H and O–H groups in total. The highest BCUT2D eigenvalue weighted by Crippen LogP contribution is 2.23. The lowest BCUT2D eigenvalue weighted by atomic mass is 9.93. The van der Waals surface area contributed by atoms with Gasteiger partial charge in [0.2, 0.25) is 0 Å². The molecule has 1 heterocycles. The second kappa shape index (κ2) is 6.12. The van der Waals surface area contributed by atoms with Crippen LogP contribution in [0.2, 0.25) is 0 Å². The van der Waals surface area contributed by atoms with Crippen molar-refractivity contribution in [3.05, 3.63) is 16.1 Å². The van der Waals surface area contributed by atoms with Gasteiger partial charge in [-0.3, -0.25) is 0 Å². The summed E-state index contributed by atoms with van der Waals surface area (Å²) < 4.78 is 22.6. The minimum atomic E-state index is -2.87. The van der Waals surface area contributed by atoms with Crippen LogP contribution in [0.4, 0.5) is 0 Å². The van der Waals surface area contributed by atoms with Crippen LogP contribution in [0.25, 0.3) is 0 Å². The lowest BCUT2D eigenvalue weighted by Gasteiger charge is -2.14. The lowest BCUT2D eigenvalue weighted by molar-refractivity contribution is 0.568. The summed E-state index contributed by atoms with van der Waals surface area (Å²) in [5, 5.41) is 6.20. The Balaban J connectivity index is 2.39. The first-order valence-electron chi connectivity index (χ1n) is 6.10. The number of thiazole rings is 1. The van der Waals surface area contributed by atoms with E-state index in [-0.39, 0.29) is 16.9 Å². The first-order valence-corrected chi connectivity index (χ1v) is 8.81. The molecule has 0 aliphatic rings. The fourth-order valence-corrected chi connectivity index (χ4v) is 3.04. The first-order chi connectivity index (χ1) is 8.24. The Morgan fingerprint density at radius 2 is 2.06 bits per heavy atom. The number of hydrogen-bond acceptors (Lipinski definition) is 5. The third-order valence-electron chi connectivity index (χ3n) is 2.63. The molecule has 104 valence electrons. The van der Waals surface area contributed by atoms with E-state index in [4.69, 9.17) is 0 Å². The zero-order chi connectivity index (χ0) is 13.8. The molecule has 6 heteroatoms. The van der Waals surface area contributed by atoms with Gasteiger partial charge >= 0.3 is 0 Å². The molecule has 0 saturated carbocycles. The van der Waals surface area contributed by atoms with Gasteiger partial charge in [-0.2, -0.15) is 0 Å². The Hall–Kier alpha value is -0.460. The fourth-order valence-electron chi connectivity index (χ4n) is 1.30. The van der Waals surface area contributed by atoms with Crippen LogP contribution in [-0.2, 0) is 21.8 Å². The number of rotatable bonds is 6. The maximum atomic E-state index is 11.3. The third-order valence-corrected chi connectivity index (χ3v) is 5.18. The highest BCUT2D eigenvalue weighted by Gasteiger charge is 2.17. The van der Waals surface area contributed by atoms with Gasteiger partial charge in [0, 0.05) is 29.6 Å². The van der Waals surface area contributed by atoms with Gasteiger partial charge in [-0.15, -0.1) is 11.3 Å². The van der Waals surface area contributed by atoms with E-state index in [0.29, 0.717) is 13.1 Å². The summed E-state index contributed by atoms with van der Waals surface area (Å²) in [4.78, 5) is 4.54. The molecule has 0 aliphatic carbocycles. The zero-order valence-corrected chi connectivity index (χ0v) is 13.1. The summed E-state index contributed by atoms with van der Waals surface area (Å²) in [7, 11) is -2.87. The van der Waals surface area contributed by atoms with Crippen LogP contribution in [0.5, 0.6) is 0 Å². The van der Waals surface area contributed by atoms with Gasteiger partial charge < -0.3 is 5.32 Å². The van der Waals surface area contributed by atoms with Gasteiger partial charge in [-0.05, 0) is 0 Å². The van der Waals surface area contributed by atoms with Crippen molar-refractivity contribution < 1.29 is 8.42 Å². The number of sulfone groups is 1. The van der Waals surface area contributed by atoms with Gasteiger partial charge in [0.15, 0.2) is 9.84 Å². The van der Waals surface area contributed by atoms with Crippen molar-refractivity contribution in [3.8, 4) is 0 Å². The molecule has 0 unspecified atom stereocenters. The van der Waals surface area contributed by atoms with Crippen molar-refractivity contribution in [3.63, 3.8) is 0 Å². The molecule has 0 radical (unpaired) electrons. The minimum Gasteiger partial charge on any atom is -0.309 e. The Morgan fingerprint density at radius 3 is 2.56 bits per heavy atom. The zero-order valence-electron chi connectivity index (χ0n) is 11.5. The second-order valence-corrected chi connectivity index (χ2v) is 8.71. The van der Waals surface area contributed by atoms with Gasteiger partial charge in [0.05, 0.1) is 11.4 Å². The summed E-state index contributed by atoms with van der Waals surface area (Å²) in [5.41, 5.74) is 1.16. The molecular formula is C12H22N2O2S2. The van der Waals surface area contributed by atoms with E-state index in [1.807, 2.05) is 0 Å². The van der Waals surface area contributed by atoms with Crippen molar-refractivity contribution in [2.45, 2.75) is 39.7 Å². The van der Waals surface area contributed by atoms with Crippen LogP contribution < -0.4 is 5.32 Å². The minimum absolute atomic E-state index is 0.0697. The smallest absolute Gasteiger partial charge is 0.151 e. The molecule has 0 spiro atoms. The molecule has 0 bridgehead atoms. The van der Waals surface area contributed by atoms with Gasteiger partial charge in [-0.1, -0.05) is 27.7 Å². The Labute approximate surface area is 114 Å². The second-order valence-electron chi connectivity index (χ2n) is 5.29. The van der Waals surface area contributed by atoms with Gasteiger partial charge in [-0.25, -0.2) is 13.4 Å². The molecular weight excluding hydrogens is 268 g/mol. The van der Waals surface area contributed by atoms with Crippen LogP contribution in [0.15, 0.2) is 5.38 Å². The quantitative estimate of drug-likeness (QED) is 0.814. The average molecular weight is 290 g/mol. The number of aromatic nitrogens is 1. The van der Waals surface area contributed by atoms with E-state index >= 15 is 0 Å². The van der Waals surface area contributed by atoms with Crippen molar-refractivity contribution in [1.82, 2.24) is 10.3 Å². The normalized spacial score (nSPS) is 12.9. The lowest BCUT2D eigenvalue weighted by Crippen LogP contribution is -2.23. The molecule has 0 amide bonds. The van der Waals surface area contributed by atoms with E-state index in [1.54, 1.807) is 18.3 Å². The van der Waals surface area contributed by atoms with Crippen LogP contribution in [0.1, 0.15) is 38.4 Å². The average Bonchev–Trinajstić information content (AvgIpc) is 2.73. The molecule has 0 fully saturated rings. The van der Waals surface area contributed by atoms with Crippen molar-refractivity contribution >= 4 is 21.2 Å². The maximum absolute atomic E-state index is 11.3. The molecule has 18 heavy (non-hydrogen) atoms. The molecule has 1 rings (SSSR count). The molecule has 1 aromatic heterocycles. The monoisotopic (exact) mass is 290 g/mol. The molecule has 0 aromatic carbocycles. The summed E-state index contributed by atoms with van der Waals surface area (Å²) >= 11 is 1.62. The first kappa shape index (κ1) is 15.6. The highest BCUT2D eigenvalue weighted by molar-refractivity contribution is 7.91. The third kappa shape index (κ3) is 5.04. The summed E-state index contributed by atoms with van der Waals surface area (Å²) in [6.45, 7) is 9.19. The van der Waals surface area contributed by atoms with Crippen LogP contribution >= 0.6 is 11.3 Å². The van der Waals surface area contributed by atoms with E-state index in [0.717, 1.165) is 10.7 Å². The largest absolute Gasteiger partial charge is 0.309 e. The maximum Gasteiger partial charge on any atom is 0.151 e. The van der Waals surface area contributed by atoms with Crippen molar-refractivity contribution in [2.24, 2.45) is 0 Å². The van der Waals surface area contributed by atoms with Gasteiger partial charge in [0.1, 0.15) is 5.01 Å². The van der Waals surface area contributed by atoms with Crippen molar-refractivity contribution in [1.29, 1.82) is 0 Å². The van der Waals surface area contributed by atoms with E-state index < -0.39 is 9.84 Å². The van der Waals surface area contributed by atoms with Gasteiger partial charge in [0.25, 0.3) is 0 Å². The standard InChI is InChI=1S/C12H22N2O2S2/c1-5-18(15,16)7-6-13-8-11-14-10(9-17-11)12(2,3)4/h9,13H,5-8H2,1-4H3. The van der Waals surface area contributed by atoms with Crippen LogP contribution in [0.3, 0.4) is 0 Å². The van der Waals surface area contributed by atoms with Crippen LogP contribution in [-0.4, -0.2) is 31.5 Å².